The Morgan fingerprint density at radius 1 is 0.763 bits per heavy atom. The molecule has 0 aromatic heterocycles. The molecule has 0 unspecified atom stereocenters. The van der Waals surface area contributed by atoms with Gasteiger partial charge in [0.25, 0.3) is 0 Å². The van der Waals surface area contributed by atoms with Gasteiger partial charge in [-0.2, -0.15) is 4.39 Å². The van der Waals surface area contributed by atoms with Gasteiger partial charge in [0.2, 0.25) is 5.82 Å². The van der Waals surface area contributed by atoms with Gasteiger partial charge in [0.15, 0.2) is 23.2 Å². The van der Waals surface area contributed by atoms with Gasteiger partial charge in [-0.1, -0.05) is 18.2 Å². The molecular weight excluding hydrogens is 502 g/mol. The molecule has 0 radical (unpaired) electrons. The fourth-order valence-corrected chi connectivity index (χ4v) is 6.40. The van der Waals surface area contributed by atoms with E-state index in [9.17, 15) is 22.0 Å². The summed E-state index contributed by atoms with van der Waals surface area (Å²) in [6.45, 7) is 0.839. The molecule has 208 valence electrons. The summed E-state index contributed by atoms with van der Waals surface area (Å²) in [5.74, 6) is -3.56. The lowest BCUT2D eigenvalue weighted by Gasteiger charge is -2.37. The van der Waals surface area contributed by atoms with Crippen molar-refractivity contribution in [3.63, 3.8) is 0 Å². The van der Waals surface area contributed by atoms with Gasteiger partial charge >= 0.3 is 0 Å². The minimum Gasteiger partial charge on any atom is -0.491 e. The molecule has 7 heteroatoms. The highest BCUT2D eigenvalue weighted by atomic mass is 19.2. The lowest BCUT2D eigenvalue weighted by molar-refractivity contribution is 0.170. The predicted molar refractivity (Wildman–Crippen MR) is 137 cm³/mol. The first-order chi connectivity index (χ1) is 18.3. The number of hydrogen-bond acceptors (Lipinski definition) is 1. The van der Waals surface area contributed by atoms with Crippen LogP contribution < -0.4 is 4.74 Å². The molecular formula is C31H36F6O. The Hall–Kier alpha value is -2.44. The normalized spacial score (nSPS) is 24.4. The fraction of sp³-hybridized carbons (Fsp3) is 0.548. The molecule has 2 saturated carbocycles. The Morgan fingerprint density at radius 3 is 1.89 bits per heavy atom. The standard InChI is InChI=1S/C31H36F6O/c1-2-38-27-16-14-24(29(35)31(27)37)12-11-23-13-15-26(30(36)28(23)34)22-9-7-21(8-10-22)20-5-3-19(4-6-20)17-25(33)18-32/h13-17,19-22H,2-12,18H2,1H3. The maximum Gasteiger partial charge on any atom is 0.200 e. The minimum absolute atomic E-state index is 0.0361. The number of ether oxygens (including phenoxy) is 1. The second kappa shape index (κ2) is 13.1. The highest BCUT2D eigenvalue weighted by Crippen LogP contribution is 2.45. The topological polar surface area (TPSA) is 9.23 Å². The number of alkyl halides is 1. The van der Waals surface area contributed by atoms with Crippen molar-refractivity contribution in [2.45, 2.75) is 77.0 Å². The molecule has 2 aliphatic rings. The molecule has 0 N–H and O–H groups in total. The van der Waals surface area contributed by atoms with E-state index in [1.165, 1.54) is 18.2 Å². The van der Waals surface area contributed by atoms with Crippen LogP contribution in [0.25, 0.3) is 0 Å². The first kappa shape index (κ1) is 28.6. The zero-order valence-electron chi connectivity index (χ0n) is 21.9. The van der Waals surface area contributed by atoms with Gasteiger partial charge in [-0.25, -0.2) is 22.0 Å². The molecule has 0 saturated heterocycles. The number of rotatable bonds is 9. The average Bonchev–Trinajstić information content (AvgIpc) is 2.93. The minimum atomic E-state index is -1.07. The molecule has 2 aromatic carbocycles. The zero-order chi connectivity index (χ0) is 27.2. The summed E-state index contributed by atoms with van der Waals surface area (Å²) in [5, 5.41) is 0. The van der Waals surface area contributed by atoms with Crippen LogP contribution >= 0.6 is 0 Å². The van der Waals surface area contributed by atoms with E-state index in [0.29, 0.717) is 17.4 Å². The first-order valence-electron chi connectivity index (χ1n) is 13.8. The second-order valence-corrected chi connectivity index (χ2v) is 10.8. The Bertz CT molecular complexity index is 1110. The lowest BCUT2D eigenvalue weighted by atomic mass is 9.68. The SMILES string of the molecule is CCOc1ccc(CCc2ccc(C3CCC(C4CCC(C=C(F)CF)CC4)CC3)c(F)c2F)c(F)c1F. The number of aryl methyl sites for hydroxylation is 2. The summed E-state index contributed by atoms with van der Waals surface area (Å²) in [6, 6.07) is 5.97. The molecule has 0 heterocycles. The Kier molecular flexibility index (Phi) is 9.83. The van der Waals surface area contributed by atoms with Crippen molar-refractivity contribution in [1.29, 1.82) is 0 Å². The van der Waals surface area contributed by atoms with Crippen molar-refractivity contribution in [3.8, 4) is 5.75 Å². The largest absolute Gasteiger partial charge is 0.491 e. The molecule has 4 rings (SSSR count). The lowest BCUT2D eigenvalue weighted by Crippen LogP contribution is -2.25. The van der Waals surface area contributed by atoms with E-state index in [2.05, 4.69) is 0 Å². The maximum absolute atomic E-state index is 15.1. The Labute approximate surface area is 221 Å². The quantitative estimate of drug-likeness (QED) is 0.289. The molecule has 0 aliphatic heterocycles. The molecule has 2 aliphatic carbocycles. The van der Waals surface area contributed by atoms with E-state index < -0.39 is 35.8 Å². The number of halogens is 6. The van der Waals surface area contributed by atoms with Gasteiger partial charge in [0.1, 0.15) is 12.5 Å². The van der Waals surface area contributed by atoms with Gasteiger partial charge in [-0.15, -0.1) is 0 Å². The highest BCUT2D eigenvalue weighted by molar-refractivity contribution is 5.33. The summed E-state index contributed by atoms with van der Waals surface area (Å²) < 4.78 is 89.3. The second-order valence-electron chi connectivity index (χ2n) is 10.8. The van der Waals surface area contributed by atoms with E-state index in [0.717, 1.165) is 51.4 Å². The average molecular weight is 539 g/mol. The molecule has 2 aromatic rings. The van der Waals surface area contributed by atoms with E-state index in [1.807, 2.05) is 0 Å². The molecule has 38 heavy (non-hydrogen) atoms. The maximum atomic E-state index is 15.1. The van der Waals surface area contributed by atoms with Crippen LogP contribution in [-0.2, 0) is 12.8 Å². The van der Waals surface area contributed by atoms with Gasteiger partial charge in [0, 0.05) is 0 Å². The van der Waals surface area contributed by atoms with E-state index in [1.54, 1.807) is 19.1 Å². The van der Waals surface area contributed by atoms with Crippen LogP contribution in [0.3, 0.4) is 0 Å². The first-order valence-corrected chi connectivity index (χ1v) is 13.8. The van der Waals surface area contributed by atoms with Crippen LogP contribution in [0.2, 0.25) is 0 Å². The van der Waals surface area contributed by atoms with Crippen LogP contribution in [0.1, 0.15) is 80.9 Å². The number of hydrogen-bond donors (Lipinski definition) is 0. The summed E-state index contributed by atoms with van der Waals surface area (Å²) in [4.78, 5) is 0. The summed E-state index contributed by atoms with van der Waals surface area (Å²) in [6.07, 6.45) is 8.70. The molecule has 0 bridgehead atoms. The summed E-state index contributed by atoms with van der Waals surface area (Å²) >= 11 is 0. The van der Waals surface area contributed by atoms with E-state index in [-0.39, 0.29) is 48.2 Å². The van der Waals surface area contributed by atoms with Crippen molar-refractivity contribution in [2.75, 3.05) is 13.3 Å². The number of benzene rings is 2. The third-order valence-electron chi connectivity index (χ3n) is 8.52. The fourth-order valence-electron chi connectivity index (χ4n) is 6.40. The molecule has 0 amide bonds. The van der Waals surface area contributed by atoms with Gasteiger partial charge in [-0.3, -0.25) is 0 Å². The van der Waals surface area contributed by atoms with Crippen molar-refractivity contribution < 1.29 is 31.1 Å². The van der Waals surface area contributed by atoms with Crippen molar-refractivity contribution in [2.24, 2.45) is 17.8 Å². The Morgan fingerprint density at radius 2 is 1.32 bits per heavy atom. The third-order valence-corrected chi connectivity index (χ3v) is 8.52. The summed E-state index contributed by atoms with van der Waals surface area (Å²) in [5.41, 5.74) is 0.618. The van der Waals surface area contributed by atoms with Crippen molar-refractivity contribution >= 4 is 0 Å². The monoisotopic (exact) mass is 538 g/mol. The third kappa shape index (κ3) is 6.58. The zero-order valence-corrected chi connectivity index (χ0v) is 21.9. The van der Waals surface area contributed by atoms with Crippen molar-refractivity contribution in [3.05, 3.63) is 76.1 Å². The summed E-state index contributed by atoms with van der Waals surface area (Å²) in [7, 11) is 0. The smallest absolute Gasteiger partial charge is 0.200 e. The Balaban J connectivity index is 1.32. The van der Waals surface area contributed by atoms with Gasteiger partial charge in [-0.05, 0) is 124 Å². The van der Waals surface area contributed by atoms with Gasteiger partial charge in [0.05, 0.1) is 6.61 Å². The molecule has 0 spiro atoms. The highest BCUT2D eigenvalue weighted by Gasteiger charge is 2.32. The van der Waals surface area contributed by atoms with Crippen LogP contribution in [0.5, 0.6) is 5.75 Å². The van der Waals surface area contributed by atoms with Crippen LogP contribution in [0.4, 0.5) is 26.3 Å². The van der Waals surface area contributed by atoms with E-state index >= 15 is 4.39 Å². The van der Waals surface area contributed by atoms with Crippen LogP contribution in [-0.4, -0.2) is 13.3 Å². The molecule has 2 fully saturated rings. The molecule has 1 nitrogen and oxygen atoms in total. The predicted octanol–water partition coefficient (Wildman–Crippen LogP) is 9.33. The number of allylic oxidation sites excluding steroid dienone is 2. The van der Waals surface area contributed by atoms with Crippen molar-refractivity contribution in [1.82, 2.24) is 0 Å². The van der Waals surface area contributed by atoms with Crippen LogP contribution in [0.15, 0.2) is 36.2 Å². The van der Waals surface area contributed by atoms with E-state index in [4.69, 9.17) is 4.74 Å². The van der Waals surface area contributed by atoms with Gasteiger partial charge < -0.3 is 4.74 Å². The molecule has 0 atom stereocenters. The van der Waals surface area contributed by atoms with Crippen LogP contribution in [0, 0.1) is 41.0 Å².